The molecule has 198 valence electrons. The predicted octanol–water partition coefficient (Wildman–Crippen LogP) is 3.84. The highest BCUT2D eigenvalue weighted by Gasteiger charge is 2.36. The van der Waals surface area contributed by atoms with Crippen molar-refractivity contribution in [3.05, 3.63) is 42.2 Å². The second kappa shape index (κ2) is 10.3. The van der Waals surface area contributed by atoms with Crippen molar-refractivity contribution >= 4 is 27.8 Å². The summed E-state index contributed by atoms with van der Waals surface area (Å²) in [6.45, 7) is 5.59. The van der Waals surface area contributed by atoms with Gasteiger partial charge in [-0.05, 0) is 45.7 Å². The van der Waals surface area contributed by atoms with Gasteiger partial charge >= 0.3 is 6.09 Å². The van der Waals surface area contributed by atoms with E-state index in [0.717, 1.165) is 12.1 Å². The average molecular weight is 536 g/mol. The molecule has 1 amide bonds. The molecular weight excluding hydrogens is 508 g/mol. The SMILES string of the molecule is CC(C)n1cc(-c2ccnc(NC[C@H](C)NC(=O)O)n2)c(-c2cc(F)cc(NS(=O)(=O)C3CC3)c2F)n1. The van der Waals surface area contributed by atoms with Gasteiger partial charge in [-0.1, -0.05) is 0 Å². The Morgan fingerprint density at radius 1 is 1.22 bits per heavy atom. The van der Waals surface area contributed by atoms with E-state index < -0.39 is 44.7 Å². The molecule has 0 radical (unpaired) electrons. The molecule has 0 aliphatic heterocycles. The predicted molar refractivity (Wildman–Crippen MR) is 134 cm³/mol. The lowest BCUT2D eigenvalue weighted by atomic mass is 10.0. The number of carboxylic acid groups (broad SMARTS) is 1. The van der Waals surface area contributed by atoms with E-state index in [1.165, 1.54) is 6.20 Å². The number of halogens is 2. The fourth-order valence-corrected chi connectivity index (χ4v) is 4.97. The number of aromatic nitrogens is 4. The molecule has 0 spiro atoms. The van der Waals surface area contributed by atoms with Crippen molar-refractivity contribution in [2.75, 3.05) is 16.6 Å². The smallest absolute Gasteiger partial charge is 0.404 e. The fourth-order valence-electron chi connectivity index (χ4n) is 3.59. The lowest BCUT2D eigenvalue weighted by Crippen LogP contribution is -2.36. The highest BCUT2D eigenvalue weighted by molar-refractivity contribution is 7.93. The number of hydrogen-bond acceptors (Lipinski definition) is 7. The zero-order chi connectivity index (χ0) is 26.9. The molecule has 1 atom stereocenters. The Labute approximate surface area is 212 Å². The molecule has 1 aliphatic carbocycles. The summed E-state index contributed by atoms with van der Waals surface area (Å²) < 4.78 is 58.7. The van der Waals surface area contributed by atoms with Gasteiger partial charge in [0.2, 0.25) is 16.0 Å². The van der Waals surface area contributed by atoms with Crippen molar-refractivity contribution in [1.29, 1.82) is 0 Å². The summed E-state index contributed by atoms with van der Waals surface area (Å²) in [5.41, 5.74) is 0.0775. The Kier molecular flexibility index (Phi) is 7.30. The zero-order valence-electron chi connectivity index (χ0n) is 20.4. The van der Waals surface area contributed by atoms with Gasteiger partial charge in [0, 0.05) is 48.2 Å². The number of sulfonamides is 1. The van der Waals surface area contributed by atoms with Gasteiger partial charge in [0.1, 0.15) is 11.5 Å². The van der Waals surface area contributed by atoms with E-state index in [1.54, 1.807) is 23.9 Å². The van der Waals surface area contributed by atoms with Crippen molar-refractivity contribution in [3.8, 4) is 22.5 Å². The van der Waals surface area contributed by atoms with Crippen LogP contribution in [0, 0.1) is 11.6 Å². The van der Waals surface area contributed by atoms with Crippen molar-refractivity contribution < 1.29 is 27.1 Å². The van der Waals surface area contributed by atoms with E-state index in [4.69, 9.17) is 5.11 Å². The summed E-state index contributed by atoms with van der Waals surface area (Å²) in [6.07, 6.45) is 2.88. The molecule has 11 nitrogen and oxygen atoms in total. The third kappa shape index (κ3) is 6.13. The number of amides is 1. The van der Waals surface area contributed by atoms with Crippen LogP contribution in [0.2, 0.25) is 0 Å². The molecule has 1 fully saturated rings. The monoisotopic (exact) mass is 535 g/mol. The van der Waals surface area contributed by atoms with Crippen LogP contribution >= 0.6 is 0 Å². The number of nitrogens with zero attached hydrogens (tertiary/aromatic N) is 4. The summed E-state index contributed by atoms with van der Waals surface area (Å²) in [6, 6.07) is 2.78. The number of rotatable bonds is 10. The number of anilines is 2. The molecule has 14 heteroatoms. The van der Waals surface area contributed by atoms with E-state index in [9.17, 15) is 17.6 Å². The Hall–Kier alpha value is -3.81. The molecule has 2 heterocycles. The van der Waals surface area contributed by atoms with Gasteiger partial charge in [0.15, 0.2) is 5.82 Å². The minimum Gasteiger partial charge on any atom is -0.465 e. The van der Waals surface area contributed by atoms with E-state index in [2.05, 4.69) is 30.4 Å². The lowest BCUT2D eigenvalue weighted by molar-refractivity contribution is 0.191. The van der Waals surface area contributed by atoms with Crippen molar-refractivity contribution in [3.63, 3.8) is 0 Å². The van der Waals surface area contributed by atoms with E-state index >= 15 is 4.39 Å². The molecule has 1 aromatic carbocycles. The molecule has 3 aromatic rings. The first-order chi connectivity index (χ1) is 17.4. The minimum absolute atomic E-state index is 0.0723. The van der Waals surface area contributed by atoms with E-state index in [1.807, 2.05) is 13.8 Å². The fraction of sp³-hybridized carbons (Fsp3) is 0.391. The molecule has 0 bridgehead atoms. The summed E-state index contributed by atoms with van der Waals surface area (Å²) in [4.78, 5) is 19.4. The third-order valence-corrected chi connectivity index (χ3v) is 7.49. The molecule has 0 unspecified atom stereocenters. The number of benzene rings is 1. The second-order valence-electron chi connectivity index (χ2n) is 9.12. The van der Waals surface area contributed by atoms with Gasteiger partial charge in [0.25, 0.3) is 0 Å². The second-order valence-corrected chi connectivity index (χ2v) is 11.1. The third-order valence-electron chi connectivity index (χ3n) is 5.64. The van der Waals surface area contributed by atoms with E-state index in [-0.39, 0.29) is 29.8 Å². The van der Waals surface area contributed by atoms with Crippen LogP contribution in [0.3, 0.4) is 0 Å². The molecule has 1 saturated carbocycles. The maximum atomic E-state index is 15.6. The highest BCUT2D eigenvalue weighted by atomic mass is 32.2. The first-order valence-corrected chi connectivity index (χ1v) is 13.2. The van der Waals surface area contributed by atoms with Crippen molar-refractivity contribution in [2.45, 2.75) is 50.9 Å². The zero-order valence-corrected chi connectivity index (χ0v) is 21.2. The maximum absolute atomic E-state index is 15.6. The van der Waals surface area contributed by atoms with Gasteiger partial charge in [-0.15, -0.1) is 0 Å². The van der Waals surface area contributed by atoms with Crippen LogP contribution in [-0.2, 0) is 10.0 Å². The Balaban J connectivity index is 1.73. The first kappa shape index (κ1) is 26.3. The molecule has 0 saturated heterocycles. The van der Waals surface area contributed by atoms with Crippen LogP contribution in [0.4, 0.5) is 25.2 Å². The number of hydrogen-bond donors (Lipinski definition) is 4. The normalized spacial score (nSPS) is 14.4. The standard InChI is InChI=1S/C23H27F2N7O4S/c1-12(2)32-11-17(18-6-7-26-22(29-18)27-10-13(3)28-23(33)34)21(30-32)16-8-14(24)9-19(20(16)25)31-37(35,36)15-4-5-15/h6-9,11-13,15,28,31H,4-5,10H2,1-3H3,(H,33,34)(H,26,27,29)/t13-/m0/s1. The summed E-state index contributed by atoms with van der Waals surface area (Å²) >= 11 is 0. The quantitative estimate of drug-likeness (QED) is 0.306. The molecular formula is C23H27F2N7O4S. The molecule has 2 aromatic heterocycles. The van der Waals surface area contributed by atoms with Crippen LogP contribution in [0.5, 0.6) is 0 Å². The highest BCUT2D eigenvalue weighted by Crippen LogP contribution is 2.37. The van der Waals surface area contributed by atoms with Crippen LogP contribution in [0.1, 0.15) is 39.7 Å². The average Bonchev–Trinajstić information content (AvgIpc) is 3.59. The van der Waals surface area contributed by atoms with Crippen molar-refractivity contribution in [1.82, 2.24) is 25.1 Å². The van der Waals surface area contributed by atoms with Gasteiger partial charge in [-0.2, -0.15) is 5.10 Å². The maximum Gasteiger partial charge on any atom is 0.404 e. The lowest BCUT2D eigenvalue weighted by Gasteiger charge is -2.13. The molecule has 1 aliphatic rings. The van der Waals surface area contributed by atoms with Crippen LogP contribution in [0.15, 0.2) is 30.6 Å². The van der Waals surface area contributed by atoms with Crippen LogP contribution in [-0.4, -0.2) is 57.2 Å². The first-order valence-electron chi connectivity index (χ1n) is 11.6. The Morgan fingerprint density at radius 3 is 2.59 bits per heavy atom. The number of carbonyl (C=O) groups is 1. The Morgan fingerprint density at radius 2 is 1.95 bits per heavy atom. The number of nitrogens with one attached hydrogen (secondary N) is 3. The summed E-state index contributed by atoms with van der Waals surface area (Å²) in [7, 11) is -3.83. The minimum atomic E-state index is -3.83. The van der Waals surface area contributed by atoms with Gasteiger partial charge < -0.3 is 15.7 Å². The summed E-state index contributed by atoms with van der Waals surface area (Å²) in [5.74, 6) is -1.60. The molecule has 37 heavy (non-hydrogen) atoms. The summed E-state index contributed by atoms with van der Waals surface area (Å²) in [5, 5.41) is 17.9. The van der Waals surface area contributed by atoms with Gasteiger partial charge in [-0.25, -0.2) is 32.0 Å². The molecule has 4 rings (SSSR count). The van der Waals surface area contributed by atoms with Crippen LogP contribution in [0.25, 0.3) is 22.5 Å². The van der Waals surface area contributed by atoms with Crippen LogP contribution < -0.4 is 15.4 Å². The van der Waals surface area contributed by atoms with E-state index in [0.29, 0.717) is 24.1 Å². The Bertz CT molecular complexity index is 1420. The van der Waals surface area contributed by atoms with Gasteiger partial charge in [-0.3, -0.25) is 9.40 Å². The van der Waals surface area contributed by atoms with Gasteiger partial charge in [0.05, 0.1) is 16.6 Å². The molecule has 4 N–H and O–H groups in total. The largest absolute Gasteiger partial charge is 0.465 e. The topological polar surface area (TPSA) is 151 Å². The van der Waals surface area contributed by atoms with Crippen molar-refractivity contribution in [2.24, 2.45) is 0 Å².